The zero-order valence-electron chi connectivity index (χ0n) is 17.8. The van der Waals surface area contributed by atoms with E-state index in [1.165, 1.54) is 18.7 Å². The highest BCUT2D eigenvalue weighted by molar-refractivity contribution is 5.85. The minimum Gasteiger partial charge on any atom is -0.508 e. The molecular weight excluding hydrogens is 379 g/mol. The molecule has 156 valence electrons. The summed E-state index contributed by atoms with van der Waals surface area (Å²) in [5.41, 5.74) is 5.32. The van der Waals surface area contributed by atoms with E-state index >= 15 is 0 Å². The largest absolute Gasteiger partial charge is 0.508 e. The van der Waals surface area contributed by atoms with E-state index in [0.717, 1.165) is 17.5 Å². The molecule has 0 saturated heterocycles. The fourth-order valence-corrected chi connectivity index (χ4v) is 3.63. The van der Waals surface area contributed by atoms with Crippen molar-refractivity contribution in [2.75, 3.05) is 7.11 Å². The minimum absolute atomic E-state index is 0.0303. The summed E-state index contributed by atoms with van der Waals surface area (Å²) in [6.07, 6.45) is 3.51. The normalized spacial score (nSPS) is 10.7. The first-order chi connectivity index (χ1) is 14.3. The number of aryl methyl sites for hydroxylation is 2. The highest BCUT2D eigenvalue weighted by atomic mass is 19.1. The molecule has 0 saturated carbocycles. The summed E-state index contributed by atoms with van der Waals surface area (Å²) >= 11 is 0. The number of phenols is 2. The van der Waals surface area contributed by atoms with Gasteiger partial charge in [0, 0.05) is 11.1 Å². The summed E-state index contributed by atoms with van der Waals surface area (Å²) in [7, 11) is 1.49. The third kappa shape index (κ3) is 4.48. The van der Waals surface area contributed by atoms with Crippen LogP contribution >= 0.6 is 0 Å². The van der Waals surface area contributed by atoms with Crippen LogP contribution in [-0.4, -0.2) is 17.3 Å². The Morgan fingerprint density at radius 1 is 1.00 bits per heavy atom. The Hall–Kier alpha value is -3.27. The maximum absolute atomic E-state index is 14.7. The molecule has 0 aromatic heterocycles. The van der Waals surface area contributed by atoms with Gasteiger partial charge >= 0.3 is 0 Å². The second-order valence-electron chi connectivity index (χ2n) is 7.67. The molecule has 3 nitrogen and oxygen atoms in total. The predicted octanol–water partition coefficient (Wildman–Crippen LogP) is 6.79. The van der Waals surface area contributed by atoms with Crippen LogP contribution < -0.4 is 4.74 Å². The Labute approximate surface area is 177 Å². The molecule has 2 N–H and O–H groups in total. The number of allylic oxidation sites excluding steroid dienone is 2. The van der Waals surface area contributed by atoms with E-state index in [9.17, 15) is 14.6 Å². The number of ether oxygens (including phenoxy) is 1. The maximum Gasteiger partial charge on any atom is 0.168 e. The van der Waals surface area contributed by atoms with E-state index in [1.807, 2.05) is 32.9 Å². The van der Waals surface area contributed by atoms with Crippen LogP contribution in [0.5, 0.6) is 17.2 Å². The lowest BCUT2D eigenvalue weighted by Crippen LogP contribution is -1.96. The number of phenolic OH excluding ortho intramolecular Hbond substituents is 2. The molecule has 0 atom stereocenters. The van der Waals surface area contributed by atoms with Crippen LogP contribution in [0.4, 0.5) is 4.39 Å². The predicted molar refractivity (Wildman–Crippen MR) is 120 cm³/mol. The number of halogens is 1. The number of rotatable bonds is 6. The molecule has 0 fully saturated rings. The quantitative estimate of drug-likeness (QED) is 0.443. The molecule has 0 aliphatic heterocycles. The van der Waals surface area contributed by atoms with Crippen LogP contribution in [0.25, 0.3) is 22.3 Å². The topological polar surface area (TPSA) is 49.7 Å². The van der Waals surface area contributed by atoms with Crippen molar-refractivity contribution in [2.45, 2.75) is 33.6 Å². The highest BCUT2D eigenvalue weighted by Crippen LogP contribution is 2.46. The van der Waals surface area contributed by atoms with Crippen LogP contribution in [0.15, 0.2) is 60.2 Å². The number of aromatic hydroxyl groups is 2. The van der Waals surface area contributed by atoms with Gasteiger partial charge in [-0.2, -0.15) is 0 Å². The summed E-state index contributed by atoms with van der Waals surface area (Å²) in [5.74, 6) is 0.164. The van der Waals surface area contributed by atoms with Crippen molar-refractivity contribution >= 4 is 0 Å². The molecule has 30 heavy (non-hydrogen) atoms. The van der Waals surface area contributed by atoms with Crippen LogP contribution in [0, 0.1) is 12.7 Å². The fourth-order valence-electron chi connectivity index (χ4n) is 3.63. The SMILES string of the molecule is COc1c(-c2ccc(O)cc2)cc(C)c(-c2ccc(CCC=C(C)C)c(F)c2)c1O. The molecular formula is C26H27FO3. The van der Waals surface area contributed by atoms with Gasteiger partial charge in [-0.25, -0.2) is 4.39 Å². The van der Waals surface area contributed by atoms with Crippen molar-refractivity contribution < 1.29 is 19.3 Å². The lowest BCUT2D eigenvalue weighted by Gasteiger charge is -2.17. The third-order valence-corrected chi connectivity index (χ3v) is 5.14. The lowest BCUT2D eigenvalue weighted by atomic mass is 9.92. The standard InChI is InChI=1S/C26H27FO3/c1-16(2)6-5-7-19-8-9-20(15-23(19)27)24-17(3)14-22(26(30-4)25(24)29)18-10-12-21(28)13-11-18/h6,8-15,28-29H,5,7H2,1-4H3. The first-order valence-corrected chi connectivity index (χ1v) is 9.94. The first kappa shape index (κ1) is 21.4. The molecule has 3 aromatic rings. The Morgan fingerprint density at radius 3 is 2.27 bits per heavy atom. The lowest BCUT2D eigenvalue weighted by molar-refractivity contribution is 0.376. The number of hydrogen-bond donors (Lipinski definition) is 2. The molecule has 0 bridgehead atoms. The highest BCUT2D eigenvalue weighted by Gasteiger charge is 2.20. The average Bonchev–Trinajstić information content (AvgIpc) is 2.69. The molecule has 0 amide bonds. The zero-order valence-corrected chi connectivity index (χ0v) is 17.8. The number of benzene rings is 3. The van der Waals surface area contributed by atoms with Gasteiger partial charge in [-0.15, -0.1) is 0 Å². The van der Waals surface area contributed by atoms with Crippen molar-refractivity contribution in [3.63, 3.8) is 0 Å². The Bertz CT molecular complexity index is 1080. The summed E-state index contributed by atoms with van der Waals surface area (Å²) in [4.78, 5) is 0. The molecule has 3 rings (SSSR count). The Balaban J connectivity index is 2.03. The second kappa shape index (κ2) is 9.04. The van der Waals surface area contributed by atoms with Crippen molar-refractivity contribution in [3.8, 4) is 39.5 Å². The number of hydrogen-bond acceptors (Lipinski definition) is 3. The molecule has 0 aliphatic carbocycles. The molecule has 0 heterocycles. The van der Waals surface area contributed by atoms with Gasteiger partial charge in [-0.3, -0.25) is 0 Å². The summed E-state index contributed by atoms with van der Waals surface area (Å²) in [6, 6.07) is 13.7. The zero-order chi connectivity index (χ0) is 21.8. The molecule has 0 radical (unpaired) electrons. The average molecular weight is 406 g/mol. The summed E-state index contributed by atoms with van der Waals surface area (Å²) in [6.45, 7) is 5.93. The van der Waals surface area contributed by atoms with Crippen molar-refractivity contribution in [1.82, 2.24) is 0 Å². The van der Waals surface area contributed by atoms with Gasteiger partial charge in [-0.05, 0) is 80.1 Å². The Kier molecular flexibility index (Phi) is 6.46. The minimum atomic E-state index is -0.282. The summed E-state index contributed by atoms with van der Waals surface area (Å²) < 4.78 is 20.2. The van der Waals surface area contributed by atoms with Crippen LogP contribution in [0.3, 0.4) is 0 Å². The fraction of sp³-hybridized carbons (Fsp3) is 0.231. The van der Waals surface area contributed by atoms with Gasteiger partial charge < -0.3 is 14.9 Å². The third-order valence-electron chi connectivity index (χ3n) is 5.14. The van der Waals surface area contributed by atoms with Gasteiger partial charge in [0.2, 0.25) is 0 Å². The van der Waals surface area contributed by atoms with Crippen molar-refractivity contribution in [2.24, 2.45) is 0 Å². The number of methoxy groups -OCH3 is 1. The van der Waals surface area contributed by atoms with E-state index < -0.39 is 0 Å². The van der Waals surface area contributed by atoms with E-state index in [1.54, 1.807) is 30.3 Å². The smallest absolute Gasteiger partial charge is 0.168 e. The van der Waals surface area contributed by atoms with E-state index in [-0.39, 0.29) is 17.3 Å². The van der Waals surface area contributed by atoms with Gasteiger partial charge in [0.25, 0.3) is 0 Å². The Morgan fingerprint density at radius 2 is 1.67 bits per heavy atom. The van der Waals surface area contributed by atoms with Gasteiger partial charge in [0.1, 0.15) is 11.6 Å². The molecule has 4 heteroatoms. The van der Waals surface area contributed by atoms with Gasteiger partial charge in [0.05, 0.1) is 7.11 Å². The van der Waals surface area contributed by atoms with Crippen LogP contribution in [0.1, 0.15) is 31.4 Å². The van der Waals surface area contributed by atoms with E-state index in [0.29, 0.717) is 34.4 Å². The monoisotopic (exact) mass is 406 g/mol. The first-order valence-electron chi connectivity index (χ1n) is 9.94. The molecule has 0 spiro atoms. The van der Waals surface area contributed by atoms with Crippen molar-refractivity contribution in [3.05, 3.63) is 77.1 Å². The van der Waals surface area contributed by atoms with Gasteiger partial charge in [-0.1, -0.05) is 35.9 Å². The van der Waals surface area contributed by atoms with Crippen LogP contribution in [0.2, 0.25) is 0 Å². The van der Waals surface area contributed by atoms with E-state index in [4.69, 9.17) is 4.74 Å². The molecule has 0 unspecified atom stereocenters. The maximum atomic E-state index is 14.7. The molecule has 3 aromatic carbocycles. The van der Waals surface area contributed by atoms with E-state index in [2.05, 4.69) is 6.08 Å². The van der Waals surface area contributed by atoms with Crippen molar-refractivity contribution in [1.29, 1.82) is 0 Å². The molecule has 0 aliphatic rings. The summed E-state index contributed by atoms with van der Waals surface area (Å²) in [5, 5.41) is 20.5. The second-order valence-corrected chi connectivity index (χ2v) is 7.67. The van der Waals surface area contributed by atoms with Crippen LogP contribution in [-0.2, 0) is 6.42 Å². The van der Waals surface area contributed by atoms with Gasteiger partial charge in [0.15, 0.2) is 11.5 Å².